The lowest BCUT2D eigenvalue weighted by Crippen LogP contribution is -2.16. The Bertz CT molecular complexity index is 2370. The van der Waals surface area contributed by atoms with Gasteiger partial charge in [0.2, 0.25) is 0 Å². The fourth-order valence-corrected chi connectivity index (χ4v) is 7.19. The minimum absolute atomic E-state index is 0.253. The Balaban J connectivity index is 1.15. The molecule has 0 bridgehead atoms. The first-order valence-electron chi connectivity index (χ1n) is 15.6. The van der Waals surface area contributed by atoms with E-state index < -0.39 is 0 Å². The highest BCUT2D eigenvalue weighted by Crippen LogP contribution is 2.55. The molecule has 0 N–H and O–H groups in total. The molecular formula is C42H29N3O. The maximum atomic E-state index is 6.54. The van der Waals surface area contributed by atoms with E-state index in [0.29, 0.717) is 17.5 Å². The minimum atomic E-state index is -0.253. The summed E-state index contributed by atoms with van der Waals surface area (Å²) >= 11 is 0. The molecule has 2 heterocycles. The maximum absolute atomic E-state index is 6.54. The van der Waals surface area contributed by atoms with Crippen molar-refractivity contribution in [3.8, 4) is 56.4 Å². The highest BCUT2D eigenvalue weighted by molar-refractivity contribution is 6.09. The Morgan fingerprint density at radius 3 is 1.59 bits per heavy atom. The monoisotopic (exact) mass is 591 g/mol. The van der Waals surface area contributed by atoms with E-state index in [2.05, 4.69) is 86.6 Å². The van der Waals surface area contributed by atoms with E-state index in [1.807, 2.05) is 66.7 Å². The largest absolute Gasteiger partial charge is 0.456 e. The van der Waals surface area contributed by atoms with Gasteiger partial charge in [-0.2, -0.15) is 0 Å². The third kappa shape index (κ3) is 4.04. The van der Waals surface area contributed by atoms with Crippen LogP contribution in [0.15, 0.2) is 144 Å². The molecule has 0 amide bonds. The summed E-state index contributed by atoms with van der Waals surface area (Å²) in [5.74, 6) is 1.97. The number of furan rings is 1. The number of nitrogens with zero attached hydrogens (tertiary/aromatic N) is 3. The molecule has 8 aromatic rings. The topological polar surface area (TPSA) is 51.8 Å². The summed E-state index contributed by atoms with van der Waals surface area (Å²) in [5, 5.41) is 2.33. The molecule has 6 aromatic carbocycles. The molecule has 0 fully saturated rings. The molecule has 218 valence electrons. The van der Waals surface area contributed by atoms with Crippen LogP contribution in [0.5, 0.6) is 0 Å². The van der Waals surface area contributed by atoms with Crippen molar-refractivity contribution < 1.29 is 4.42 Å². The molecule has 0 spiro atoms. The van der Waals surface area contributed by atoms with Gasteiger partial charge in [-0.1, -0.05) is 141 Å². The van der Waals surface area contributed by atoms with Crippen LogP contribution in [-0.2, 0) is 5.41 Å². The zero-order chi connectivity index (χ0) is 30.8. The van der Waals surface area contributed by atoms with Crippen molar-refractivity contribution in [1.29, 1.82) is 0 Å². The minimum Gasteiger partial charge on any atom is -0.456 e. The second kappa shape index (κ2) is 10.1. The predicted molar refractivity (Wildman–Crippen MR) is 186 cm³/mol. The van der Waals surface area contributed by atoms with Gasteiger partial charge in [-0.3, -0.25) is 0 Å². The van der Waals surface area contributed by atoms with Gasteiger partial charge in [0.1, 0.15) is 11.2 Å². The second-order valence-corrected chi connectivity index (χ2v) is 12.4. The van der Waals surface area contributed by atoms with Gasteiger partial charge in [0.05, 0.1) is 0 Å². The first kappa shape index (κ1) is 26.5. The van der Waals surface area contributed by atoms with Crippen molar-refractivity contribution in [2.75, 3.05) is 0 Å². The summed E-state index contributed by atoms with van der Waals surface area (Å²) in [6.45, 7) is 4.65. The fourth-order valence-electron chi connectivity index (χ4n) is 7.19. The smallest absolute Gasteiger partial charge is 0.164 e. The number of aromatic nitrogens is 3. The summed E-state index contributed by atoms with van der Waals surface area (Å²) in [4.78, 5) is 14.7. The standard InChI is InChI=1S/C42H29N3O/c1-42(2)36-30(17-11-18-32(36)33-24-25-34-31-16-9-10-19-35(31)46-38(34)37(33)42)26-20-22-29(23-21-26)41-44-39(27-12-5-3-6-13-27)43-40(45-41)28-14-7-4-8-15-28/h3-25H,1-2H3. The van der Waals surface area contributed by atoms with Gasteiger partial charge in [-0.15, -0.1) is 0 Å². The maximum Gasteiger partial charge on any atom is 0.164 e. The van der Waals surface area contributed by atoms with Crippen LogP contribution < -0.4 is 0 Å². The first-order valence-corrected chi connectivity index (χ1v) is 15.6. The van der Waals surface area contributed by atoms with Crippen molar-refractivity contribution in [2.45, 2.75) is 19.3 Å². The highest BCUT2D eigenvalue weighted by atomic mass is 16.3. The van der Waals surface area contributed by atoms with Gasteiger partial charge in [0.25, 0.3) is 0 Å². The molecule has 0 aliphatic heterocycles. The van der Waals surface area contributed by atoms with Crippen molar-refractivity contribution in [1.82, 2.24) is 15.0 Å². The van der Waals surface area contributed by atoms with Gasteiger partial charge < -0.3 is 4.42 Å². The third-order valence-corrected chi connectivity index (χ3v) is 9.31. The zero-order valence-electron chi connectivity index (χ0n) is 25.5. The number of hydrogen-bond donors (Lipinski definition) is 0. The molecule has 0 atom stereocenters. The van der Waals surface area contributed by atoms with Crippen molar-refractivity contribution in [3.05, 3.63) is 151 Å². The molecule has 46 heavy (non-hydrogen) atoms. The number of fused-ring (bicyclic) bond motifs is 7. The quantitative estimate of drug-likeness (QED) is 0.204. The molecule has 4 nitrogen and oxygen atoms in total. The molecule has 0 saturated carbocycles. The number of para-hydroxylation sites is 1. The summed E-state index contributed by atoms with van der Waals surface area (Å²) in [6.07, 6.45) is 0. The Morgan fingerprint density at radius 1 is 0.413 bits per heavy atom. The van der Waals surface area contributed by atoms with Gasteiger partial charge in [0.15, 0.2) is 17.5 Å². The van der Waals surface area contributed by atoms with E-state index in [1.54, 1.807) is 0 Å². The van der Waals surface area contributed by atoms with Crippen molar-refractivity contribution in [2.24, 2.45) is 0 Å². The molecule has 1 aliphatic rings. The lowest BCUT2D eigenvalue weighted by molar-refractivity contribution is 0.621. The summed E-state index contributed by atoms with van der Waals surface area (Å²) in [6, 6.07) is 48.3. The Hall–Kier alpha value is -5.87. The molecule has 0 unspecified atom stereocenters. The van der Waals surface area contributed by atoms with E-state index in [-0.39, 0.29) is 5.41 Å². The highest BCUT2D eigenvalue weighted by Gasteiger charge is 2.40. The molecule has 2 aromatic heterocycles. The first-order chi connectivity index (χ1) is 22.6. The summed E-state index contributed by atoms with van der Waals surface area (Å²) < 4.78 is 6.54. The molecule has 4 heteroatoms. The van der Waals surface area contributed by atoms with E-state index in [0.717, 1.165) is 38.8 Å². The van der Waals surface area contributed by atoms with E-state index in [1.165, 1.54) is 33.2 Å². The van der Waals surface area contributed by atoms with Crippen LogP contribution >= 0.6 is 0 Å². The van der Waals surface area contributed by atoms with Gasteiger partial charge in [0, 0.05) is 38.4 Å². The zero-order valence-corrected chi connectivity index (χ0v) is 25.5. The Kier molecular flexibility index (Phi) is 5.81. The fraction of sp³-hybridized carbons (Fsp3) is 0.0714. The van der Waals surface area contributed by atoms with E-state index in [4.69, 9.17) is 19.4 Å². The van der Waals surface area contributed by atoms with Crippen LogP contribution in [0.25, 0.3) is 78.4 Å². The van der Waals surface area contributed by atoms with Crippen molar-refractivity contribution in [3.63, 3.8) is 0 Å². The Labute approximate surface area is 267 Å². The molecular weight excluding hydrogens is 562 g/mol. The van der Waals surface area contributed by atoms with Gasteiger partial charge >= 0.3 is 0 Å². The summed E-state index contributed by atoms with van der Waals surface area (Å²) in [7, 11) is 0. The lowest BCUT2D eigenvalue weighted by Gasteiger charge is -2.24. The molecule has 9 rings (SSSR count). The number of benzene rings is 6. The van der Waals surface area contributed by atoms with Gasteiger partial charge in [-0.25, -0.2) is 15.0 Å². The predicted octanol–water partition coefficient (Wildman–Crippen LogP) is 10.7. The third-order valence-electron chi connectivity index (χ3n) is 9.31. The van der Waals surface area contributed by atoms with Crippen LogP contribution in [0.4, 0.5) is 0 Å². The molecule has 0 saturated heterocycles. The molecule has 1 aliphatic carbocycles. The van der Waals surface area contributed by atoms with Crippen LogP contribution in [0.2, 0.25) is 0 Å². The number of rotatable bonds is 4. The summed E-state index contributed by atoms with van der Waals surface area (Å²) in [5.41, 5.74) is 12.0. The molecule has 0 radical (unpaired) electrons. The van der Waals surface area contributed by atoms with Gasteiger partial charge in [-0.05, 0) is 39.9 Å². The van der Waals surface area contributed by atoms with Crippen LogP contribution in [0, 0.1) is 0 Å². The van der Waals surface area contributed by atoms with Crippen molar-refractivity contribution >= 4 is 21.9 Å². The van der Waals surface area contributed by atoms with E-state index >= 15 is 0 Å². The lowest BCUT2D eigenvalue weighted by atomic mass is 9.78. The average molecular weight is 592 g/mol. The normalized spacial score (nSPS) is 13.2. The van der Waals surface area contributed by atoms with Crippen LogP contribution in [-0.4, -0.2) is 15.0 Å². The van der Waals surface area contributed by atoms with E-state index in [9.17, 15) is 0 Å². The Morgan fingerprint density at radius 2 is 0.935 bits per heavy atom. The second-order valence-electron chi connectivity index (χ2n) is 12.4. The SMILES string of the molecule is CC1(C)c2c(-c3ccc(-c4nc(-c5ccccc5)nc(-c5ccccc5)n4)cc3)cccc2-c2ccc3c(oc4ccccc43)c21. The number of hydrogen-bond acceptors (Lipinski definition) is 4. The van der Waals surface area contributed by atoms with Crippen LogP contribution in [0.3, 0.4) is 0 Å². The average Bonchev–Trinajstić information content (AvgIpc) is 3.61. The van der Waals surface area contributed by atoms with Crippen LogP contribution in [0.1, 0.15) is 25.0 Å².